The van der Waals surface area contributed by atoms with Crippen LogP contribution in [0, 0.1) is 24.0 Å². The maximum atomic E-state index is 11.5. The molecule has 0 radical (unpaired) electrons. The van der Waals surface area contributed by atoms with E-state index in [0.717, 1.165) is 5.56 Å². The third kappa shape index (κ3) is 3.45. The topological polar surface area (TPSA) is 105 Å². The average Bonchev–Trinajstić information content (AvgIpc) is 2.35. The van der Waals surface area contributed by atoms with Gasteiger partial charge in [-0.15, -0.1) is 0 Å². The number of nitrogens with zero attached hydrogens (tertiary/aromatic N) is 1. The molecule has 2 N–H and O–H groups in total. The molecule has 0 aliphatic carbocycles. The number of benzene rings is 1. The molecule has 0 amide bonds. The molecule has 0 saturated heterocycles. The Kier molecular flexibility index (Phi) is 4.67. The summed E-state index contributed by atoms with van der Waals surface area (Å²) in [7, 11) is 1.22. The summed E-state index contributed by atoms with van der Waals surface area (Å²) in [4.78, 5) is 22.0. The standard InChI is InChI=1S/C13H18N2O5/c1-8-5-9(2)11(10(6-8)15(17)18)20-7-13(3,14)12(16)19-4/h5-6H,7,14H2,1-4H3. The minimum Gasteiger partial charge on any atom is -0.484 e. The molecule has 0 bridgehead atoms. The normalized spacial score (nSPS) is 13.4. The maximum Gasteiger partial charge on any atom is 0.329 e. The third-order valence-electron chi connectivity index (χ3n) is 2.76. The number of ether oxygens (including phenoxy) is 2. The van der Waals surface area contributed by atoms with Gasteiger partial charge >= 0.3 is 11.7 Å². The van der Waals surface area contributed by atoms with Crippen LogP contribution in [0.1, 0.15) is 18.1 Å². The van der Waals surface area contributed by atoms with Gasteiger partial charge in [0.25, 0.3) is 0 Å². The van der Waals surface area contributed by atoms with Crippen molar-refractivity contribution in [2.24, 2.45) is 5.73 Å². The first-order valence-corrected chi connectivity index (χ1v) is 5.94. The van der Waals surface area contributed by atoms with E-state index < -0.39 is 16.4 Å². The van der Waals surface area contributed by atoms with E-state index in [9.17, 15) is 14.9 Å². The zero-order chi connectivity index (χ0) is 15.5. The van der Waals surface area contributed by atoms with Crippen LogP contribution in [0.4, 0.5) is 5.69 Å². The summed E-state index contributed by atoms with van der Waals surface area (Å²) >= 11 is 0. The summed E-state index contributed by atoms with van der Waals surface area (Å²) in [6.07, 6.45) is 0. The smallest absolute Gasteiger partial charge is 0.329 e. The summed E-state index contributed by atoms with van der Waals surface area (Å²) in [5, 5.41) is 11.0. The van der Waals surface area contributed by atoms with Crippen LogP contribution < -0.4 is 10.5 Å². The number of nitro groups is 1. The van der Waals surface area contributed by atoms with Gasteiger partial charge in [0.15, 0.2) is 5.75 Å². The average molecular weight is 282 g/mol. The minimum absolute atomic E-state index is 0.112. The fraction of sp³-hybridized carbons (Fsp3) is 0.462. The highest BCUT2D eigenvalue weighted by Crippen LogP contribution is 2.32. The summed E-state index contributed by atoms with van der Waals surface area (Å²) in [6, 6.07) is 3.17. The van der Waals surface area contributed by atoms with Crippen LogP contribution in [0.2, 0.25) is 0 Å². The van der Waals surface area contributed by atoms with E-state index in [1.807, 2.05) is 0 Å². The van der Waals surface area contributed by atoms with Gasteiger partial charge in [0.1, 0.15) is 12.1 Å². The molecule has 0 spiro atoms. The highest BCUT2D eigenvalue weighted by atomic mass is 16.6. The molecule has 0 aromatic heterocycles. The van der Waals surface area contributed by atoms with Crippen molar-refractivity contribution >= 4 is 11.7 Å². The second kappa shape index (κ2) is 5.87. The quantitative estimate of drug-likeness (QED) is 0.498. The monoisotopic (exact) mass is 282 g/mol. The molecule has 0 aliphatic rings. The van der Waals surface area contributed by atoms with Crippen LogP contribution >= 0.6 is 0 Å². The van der Waals surface area contributed by atoms with E-state index >= 15 is 0 Å². The van der Waals surface area contributed by atoms with E-state index in [2.05, 4.69) is 4.74 Å². The Morgan fingerprint density at radius 3 is 2.55 bits per heavy atom. The number of hydrogen-bond acceptors (Lipinski definition) is 6. The van der Waals surface area contributed by atoms with Crippen molar-refractivity contribution < 1.29 is 19.2 Å². The van der Waals surface area contributed by atoms with Gasteiger partial charge in [-0.25, -0.2) is 4.79 Å². The Hall–Kier alpha value is -2.15. The van der Waals surface area contributed by atoms with E-state index in [0.29, 0.717) is 5.56 Å². The molecular weight excluding hydrogens is 264 g/mol. The van der Waals surface area contributed by atoms with E-state index in [-0.39, 0.29) is 18.0 Å². The van der Waals surface area contributed by atoms with Crippen molar-refractivity contribution in [2.75, 3.05) is 13.7 Å². The Morgan fingerprint density at radius 1 is 1.45 bits per heavy atom. The molecule has 0 heterocycles. The SMILES string of the molecule is COC(=O)C(C)(N)COc1c(C)cc(C)cc1[N+](=O)[O-]. The molecule has 0 aliphatic heterocycles. The summed E-state index contributed by atoms with van der Waals surface area (Å²) < 4.78 is 9.96. The van der Waals surface area contributed by atoms with Gasteiger partial charge < -0.3 is 15.2 Å². The van der Waals surface area contributed by atoms with Crippen molar-refractivity contribution in [3.05, 3.63) is 33.4 Å². The Balaban J connectivity index is 3.04. The number of nitro benzene ring substituents is 1. The van der Waals surface area contributed by atoms with Crippen molar-refractivity contribution in [1.82, 2.24) is 0 Å². The van der Waals surface area contributed by atoms with Crippen LogP contribution in [0.3, 0.4) is 0 Å². The van der Waals surface area contributed by atoms with Crippen LogP contribution in [0.15, 0.2) is 12.1 Å². The fourth-order valence-electron chi connectivity index (χ4n) is 1.77. The Labute approximate surface area is 116 Å². The van der Waals surface area contributed by atoms with E-state index in [4.69, 9.17) is 10.5 Å². The molecule has 110 valence electrons. The number of carbonyl (C=O) groups excluding carboxylic acids is 1. The van der Waals surface area contributed by atoms with Gasteiger partial charge in [0, 0.05) is 6.07 Å². The van der Waals surface area contributed by atoms with Crippen molar-refractivity contribution in [2.45, 2.75) is 26.3 Å². The molecule has 20 heavy (non-hydrogen) atoms. The molecule has 1 unspecified atom stereocenters. The second-order valence-corrected chi connectivity index (χ2v) is 4.88. The summed E-state index contributed by atoms with van der Waals surface area (Å²) in [6.45, 7) is 4.67. The first-order valence-electron chi connectivity index (χ1n) is 5.94. The zero-order valence-electron chi connectivity index (χ0n) is 11.9. The fourth-order valence-corrected chi connectivity index (χ4v) is 1.77. The molecular formula is C13H18N2O5. The molecule has 1 aromatic rings. The molecule has 7 nitrogen and oxygen atoms in total. The van der Waals surface area contributed by atoms with Crippen molar-refractivity contribution in [3.8, 4) is 5.75 Å². The first-order chi connectivity index (χ1) is 9.19. The van der Waals surface area contributed by atoms with Gasteiger partial charge in [-0.05, 0) is 31.9 Å². The highest BCUT2D eigenvalue weighted by molar-refractivity contribution is 5.80. The molecule has 0 saturated carbocycles. The molecule has 1 atom stereocenters. The maximum absolute atomic E-state index is 11.5. The number of aryl methyl sites for hydroxylation is 2. The highest BCUT2D eigenvalue weighted by Gasteiger charge is 2.32. The summed E-state index contributed by atoms with van der Waals surface area (Å²) in [5.41, 5.74) is 5.59. The second-order valence-electron chi connectivity index (χ2n) is 4.88. The molecule has 0 fully saturated rings. The van der Waals surface area contributed by atoms with Crippen LogP contribution in [-0.2, 0) is 9.53 Å². The number of esters is 1. The number of nitrogens with two attached hydrogens (primary N) is 1. The lowest BCUT2D eigenvalue weighted by atomic mass is 10.1. The minimum atomic E-state index is -1.38. The zero-order valence-corrected chi connectivity index (χ0v) is 11.9. The number of rotatable bonds is 5. The predicted octanol–water partition coefficient (Wildman–Crippen LogP) is 1.48. The number of carbonyl (C=O) groups is 1. The number of methoxy groups -OCH3 is 1. The van der Waals surface area contributed by atoms with E-state index in [1.54, 1.807) is 19.9 Å². The van der Waals surface area contributed by atoms with E-state index in [1.165, 1.54) is 20.1 Å². The lowest BCUT2D eigenvalue weighted by Gasteiger charge is -2.22. The molecule has 1 aromatic carbocycles. The third-order valence-corrected chi connectivity index (χ3v) is 2.76. The predicted molar refractivity (Wildman–Crippen MR) is 72.7 cm³/mol. The largest absolute Gasteiger partial charge is 0.484 e. The summed E-state index contributed by atoms with van der Waals surface area (Å²) in [5.74, 6) is -0.536. The Bertz CT molecular complexity index is 540. The van der Waals surface area contributed by atoms with Crippen molar-refractivity contribution in [3.63, 3.8) is 0 Å². The van der Waals surface area contributed by atoms with Crippen molar-refractivity contribution in [1.29, 1.82) is 0 Å². The Morgan fingerprint density at radius 2 is 2.05 bits per heavy atom. The lowest BCUT2D eigenvalue weighted by Crippen LogP contribution is -2.50. The van der Waals surface area contributed by atoms with Gasteiger partial charge in [-0.2, -0.15) is 0 Å². The van der Waals surface area contributed by atoms with Crippen LogP contribution in [-0.4, -0.2) is 30.1 Å². The molecule has 7 heteroatoms. The van der Waals surface area contributed by atoms with Crippen LogP contribution in [0.5, 0.6) is 5.75 Å². The van der Waals surface area contributed by atoms with Gasteiger partial charge in [0.2, 0.25) is 0 Å². The first kappa shape index (κ1) is 15.9. The lowest BCUT2D eigenvalue weighted by molar-refractivity contribution is -0.386. The number of hydrogen-bond donors (Lipinski definition) is 1. The van der Waals surface area contributed by atoms with Crippen LogP contribution in [0.25, 0.3) is 0 Å². The van der Waals surface area contributed by atoms with Gasteiger partial charge in [-0.1, -0.05) is 6.07 Å². The van der Waals surface area contributed by atoms with Gasteiger partial charge in [-0.3, -0.25) is 10.1 Å². The van der Waals surface area contributed by atoms with Gasteiger partial charge in [0.05, 0.1) is 12.0 Å². The molecule has 1 rings (SSSR count).